The molecule has 118 valence electrons. The Labute approximate surface area is 128 Å². The van der Waals surface area contributed by atoms with Gasteiger partial charge in [-0.1, -0.05) is 13.0 Å². The molecule has 0 radical (unpaired) electrons. The molecule has 1 aliphatic heterocycles. The minimum Gasteiger partial charge on any atom is -0.490 e. The summed E-state index contributed by atoms with van der Waals surface area (Å²) in [6.45, 7) is 8.91. The number of ether oxygens (including phenoxy) is 2. The van der Waals surface area contributed by atoms with Crippen LogP contribution in [0.15, 0.2) is 18.2 Å². The highest BCUT2D eigenvalue weighted by Gasteiger charge is 2.10. The van der Waals surface area contributed by atoms with Crippen molar-refractivity contribution < 1.29 is 9.47 Å². The van der Waals surface area contributed by atoms with Crippen molar-refractivity contribution in [1.82, 2.24) is 10.2 Å². The molecule has 1 aromatic rings. The monoisotopic (exact) mass is 292 g/mol. The van der Waals surface area contributed by atoms with Crippen LogP contribution in [0.1, 0.15) is 32.3 Å². The van der Waals surface area contributed by atoms with Crippen molar-refractivity contribution >= 4 is 0 Å². The van der Waals surface area contributed by atoms with Gasteiger partial charge < -0.3 is 19.7 Å². The maximum Gasteiger partial charge on any atom is 0.161 e. The standard InChI is InChI=1S/C17H28N2O2/c1-4-14(2)19(3)9-8-18-13-15-6-7-16-17(12-15)21-11-5-10-20-16/h6-7,12,14,18H,4-5,8-11,13H2,1-3H3. The Bertz CT molecular complexity index is 437. The van der Waals surface area contributed by atoms with E-state index in [4.69, 9.17) is 9.47 Å². The third-order valence-electron chi connectivity index (χ3n) is 4.13. The van der Waals surface area contributed by atoms with Crippen molar-refractivity contribution in [1.29, 1.82) is 0 Å². The lowest BCUT2D eigenvalue weighted by Gasteiger charge is -2.23. The quantitative estimate of drug-likeness (QED) is 0.783. The highest BCUT2D eigenvalue weighted by atomic mass is 16.5. The molecule has 1 aliphatic rings. The van der Waals surface area contributed by atoms with Gasteiger partial charge in [-0.2, -0.15) is 0 Å². The minimum atomic E-state index is 0.643. The fraction of sp³-hybridized carbons (Fsp3) is 0.647. The van der Waals surface area contributed by atoms with Crippen LogP contribution in [0.3, 0.4) is 0 Å². The molecule has 4 heteroatoms. The molecule has 0 spiro atoms. The summed E-state index contributed by atoms with van der Waals surface area (Å²) in [6, 6.07) is 6.86. The SMILES string of the molecule is CCC(C)N(C)CCNCc1ccc2c(c1)OCCCO2. The summed E-state index contributed by atoms with van der Waals surface area (Å²) in [7, 11) is 2.18. The Morgan fingerprint density at radius 2 is 2.00 bits per heavy atom. The van der Waals surface area contributed by atoms with Crippen LogP contribution in [0.5, 0.6) is 11.5 Å². The summed E-state index contributed by atoms with van der Waals surface area (Å²) in [4.78, 5) is 2.39. The smallest absolute Gasteiger partial charge is 0.161 e. The van der Waals surface area contributed by atoms with Gasteiger partial charge in [0.15, 0.2) is 11.5 Å². The molecule has 0 saturated carbocycles. The van der Waals surface area contributed by atoms with E-state index >= 15 is 0 Å². The summed E-state index contributed by atoms with van der Waals surface area (Å²) in [5.41, 5.74) is 1.24. The Morgan fingerprint density at radius 3 is 2.76 bits per heavy atom. The van der Waals surface area contributed by atoms with Crippen molar-refractivity contribution in [2.24, 2.45) is 0 Å². The Balaban J connectivity index is 1.77. The van der Waals surface area contributed by atoms with Crippen LogP contribution in [0, 0.1) is 0 Å². The zero-order valence-electron chi connectivity index (χ0n) is 13.5. The molecule has 0 bridgehead atoms. The molecule has 1 aromatic carbocycles. The van der Waals surface area contributed by atoms with E-state index in [1.807, 2.05) is 6.07 Å². The number of nitrogens with zero attached hydrogens (tertiary/aromatic N) is 1. The molecule has 4 nitrogen and oxygen atoms in total. The molecule has 0 fully saturated rings. The van der Waals surface area contributed by atoms with Crippen LogP contribution in [0.2, 0.25) is 0 Å². The average Bonchev–Trinajstić information content (AvgIpc) is 2.75. The van der Waals surface area contributed by atoms with Crippen molar-refractivity contribution in [2.45, 2.75) is 39.3 Å². The van der Waals surface area contributed by atoms with E-state index in [1.54, 1.807) is 0 Å². The number of hydrogen-bond acceptors (Lipinski definition) is 4. The summed E-state index contributed by atoms with van der Waals surface area (Å²) >= 11 is 0. The van der Waals surface area contributed by atoms with Gasteiger partial charge in [-0.15, -0.1) is 0 Å². The van der Waals surface area contributed by atoms with Crippen LogP contribution in [0.4, 0.5) is 0 Å². The first kappa shape index (κ1) is 16.1. The summed E-state index contributed by atoms with van der Waals surface area (Å²) in [5, 5.41) is 3.50. The zero-order chi connectivity index (χ0) is 15.1. The van der Waals surface area contributed by atoms with E-state index in [-0.39, 0.29) is 0 Å². The predicted molar refractivity (Wildman–Crippen MR) is 86.1 cm³/mol. The highest BCUT2D eigenvalue weighted by Crippen LogP contribution is 2.30. The third kappa shape index (κ3) is 4.90. The molecule has 0 amide bonds. The van der Waals surface area contributed by atoms with Gasteiger partial charge in [-0.05, 0) is 38.1 Å². The number of benzene rings is 1. The zero-order valence-corrected chi connectivity index (χ0v) is 13.5. The van der Waals surface area contributed by atoms with Crippen LogP contribution < -0.4 is 14.8 Å². The number of hydrogen-bond donors (Lipinski definition) is 1. The molecule has 1 heterocycles. The van der Waals surface area contributed by atoms with Crippen LogP contribution >= 0.6 is 0 Å². The largest absolute Gasteiger partial charge is 0.490 e. The lowest BCUT2D eigenvalue weighted by atomic mass is 10.2. The maximum absolute atomic E-state index is 5.72. The minimum absolute atomic E-state index is 0.643. The van der Waals surface area contributed by atoms with Gasteiger partial charge in [-0.3, -0.25) is 0 Å². The molecular formula is C17H28N2O2. The molecule has 1 unspecified atom stereocenters. The van der Waals surface area contributed by atoms with E-state index in [0.29, 0.717) is 6.04 Å². The summed E-state index contributed by atoms with van der Waals surface area (Å²) < 4.78 is 11.4. The van der Waals surface area contributed by atoms with E-state index in [0.717, 1.165) is 50.8 Å². The topological polar surface area (TPSA) is 33.7 Å². The molecule has 21 heavy (non-hydrogen) atoms. The maximum atomic E-state index is 5.72. The van der Waals surface area contributed by atoms with Gasteiger partial charge in [0.25, 0.3) is 0 Å². The predicted octanol–water partition coefficient (Wildman–Crippen LogP) is 2.67. The average molecular weight is 292 g/mol. The first-order chi connectivity index (χ1) is 10.2. The lowest BCUT2D eigenvalue weighted by molar-refractivity contribution is 0.251. The van der Waals surface area contributed by atoms with Gasteiger partial charge in [0, 0.05) is 32.1 Å². The van der Waals surface area contributed by atoms with Crippen LogP contribution in [-0.2, 0) is 6.54 Å². The first-order valence-electron chi connectivity index (χ1n) is 8.00. The summed E-state index contributed by atoms with van der Waals surface area (Å²) in [5.74, 6) is 1.75. The van der Waals surface area contributed by atoms with Crippen molar-refractivity contribution in [2.75, 3.05) is 33.4 Å². The fourth-order valence-electron chi connectivity index (χ4n) is 2.34. The third-order valence-corrected chi connectivity index (χ3v) is 4.13. The van der Waals surface area contributed by atoms with Gasteiger partial charge in [0.05, 0.1) is 13.2 Å². The molecular weight excluding hydrogens is 264 g/mol. The van der Waals surface area contributed by atoms with Crippen molar-refractivity contribution in [3.05, 3.63) is 23.8 Å². The van der Waals surface area contributed by atoms with Crippen molar-refractivity contribution in [3.63, 3.8) is 0 Å². The Kier molecular flexibility index (Phi) is 6.33. The molecule has 0 aliphatic carbocycles. The van der Waals surface area contributed by atoms with Gasteiger partial charge in [-0.25, -0.2) is 0 Å². The van der Waals surface area contributed by atoms with E-state index < -0.39 is 0 Å². The van der Waals surface area contributed by atoms with Crippen LogP contribution in [-0.4, -0.2) is 44.3 Å². The Hall–Kier alpha value is -1.26. The second kappa shape index (κ2) is 8.25. The van der Waals surface area contributed by atoms with Gasteiger partial charge >= 0.3 is 0 Å². The summed E-state index contributed by atoms with van der Waals surface area (Å²) in [6.07, 6.45) is 2.14. The number of rotatable bonds is 7. The molecule has 1 atom stereocenters. The first-order valence-corrected chi connectivity index (χ1v) is 8.00. The number of nitrogens with one attached hydrogen (secondary N) is 1. The van der Waals surface area contributed by atoms with Crippen molar-refractivity contribution in [3.8, 4) is 11.5 Å². The normalized spacial score (nSPS) is 15.8. The fourth-order valence-corrected chi connectivity index (χ4v) is 2.34. The van der Waals surface area contributed by atoms with Gasteiger partial charge in [0.1, 0.15) is 0 Å². The van der Waals surface area contributed by atoms with Gasteiger partial charge in [0.2, 0.25) is 0 Å². The van der Waals surface area contributed by atoms with E-state index in [9.17, 15) is 0 Å². The van der Waals surface area contributed by atoms with E-state index in [1.165, 1.54) is 12.0 Å². The molecule has 0 saturated heterocycles. The number of likely N-dealkylation sites (N-methyl/N-ethyl adjacent to an activating group) is 1. The molecule has 2 rings (SSSR count). The molecule has 1 N–H and O–H groups in total. The highest BCUT2D eigenvalue weighted by molar-refractivity contribution is 5.43. The Morgan fingerprint density at radius 1 is 1.24 bits per heavy atom. The van der Waals surface area contributed by atoms with E-state index in [2.05, 4.69) is 43.2 Å². The number of fused-ring (bicyclic) bond motifs is 1. The second-order valence-corrected chi connectivity index (χ2v) is 5.75. The van der Waals surface area contributed by atoms with Crippen LogP contribution in [0.25, 0.3) is 0 Å². The molecule has 0 aromatic heterocycles. The lowest BCUT2D eigenvalue weighted by Crippen LogP contribution is -2.34. The second-order valence-electron chi connectivity index (χ2n) is 5.75.